The first kappa shape index (κ1) is 25.0. The van der Waals surface area contributed by atoms with Gasteiger partial charge in [0.15, 0.2) is 0 Å². The first-order chi connectivity index (χ1) is 10.7. The molecule has 0 bridgehead atoms. The molecule has 0 aromatic heterocycles. The highest BCUT2D eigenvalue weighted by molar-refractivity contribution is 4.81. The summed E-state index contributed by atoms with van der Waals surface area (Å²) >= 11 is 0. The van der Waals surface area contributed by atoms with Crippen molar-refractivity contribution >= 4 is 0 Å². The van der Waals surface area contributed by atoms with Gasteiger partial charge in [0.2, 0.25) is 0 Å². The Bertz CT molecular complexity index is 316. The Morgan fingerprint density at radius 2 is 1.00 bits per heavy atom. The van der Waals surface area contributed by atoms with Crippen LogP contribution in [0.1, 0.15) is 117 Å². The van der Waals surface area contributed by atoms with Crippen LogP contribution in [0.2, 0.25) is 0 Å². The Morgan fingerprint density at radius 1 is 0.600 bits per heavy atom. The van der Waals surface area contributed by atoms with Crippen LogP contribution in [0.15, 0.2) is 0 Å². The number of hydrogen-bond donors (Lipinski definition) is 0. The molecule has 0 aromatic rings. The molecule has 0 unspecified atom stereocenters. The van der Waals surface area contributed by atoms with Crippen molar-refractivity contribution in [1.29, 1.82) is 0 Å². The van der Waals surface area contributed by atoms with Gasteiger partial charge in [-0.1, -0.05) is 49.0 Å². The molecule has 3 fully saturated rings. The number of hydrogen-bond acceptors (Lipinski definition) is 1. The van der Waals surface area contributed by atoms with E-state index in [2.05, 4.69) is 13.8 Å². The molecule has 3 saturated carbocycles. The summed E-state index contributed by atoms with van der Waals surface area (Å²) in [4.78, 5) is 0. The van der Waals surface area contributed by atoms with E-state index in [0.717, 1.165) is 36.2 Å². The summed E-state index contributed by atoms with van der Waals surface area (Å²) in [5, 5.41) is 0. The van der Waals surface area contributed by atoms with E-state index in [1.54, 1.807) is 0 Å². The SMILES string of the molecule is C.C.C.CC1CCC(OCC2CCC(C3CCC(C)CC3)CC2)CC1.[HH].[HH].[HH]. The van der Waals surface area contributed by atoms with Crippen LogP contribution in [0.5, 0.6) is 0 Å². The molecule has 3 aliphatic carbocycles. The summed E-state index contributed by atoms with van der Waals surface area (Å²) in [5.41, 5.74) is 0. The van der Waals surface area contributed by atoms with Crippen LogP contribution in [0, 0.1) is 29.6 Å². The van der Waals surface area contributed by atoms with Crippen LogP contribution in [0.25, 0.3) is 0 Å². The highest BCUT2D eigenvalue weighted by Gasteiger charge is 2.30. The first-order valence-corrected chi connectivity index (χ1v) is 10.3. The molecule has 25 heavy (non-hydrogen) atoms. The van der Waals surface area contributed by atoms with Gasteiger partial charge in [-0.05, 0) is 93.8 Å². The summed E-state index contributed by atoms with van der Waals surface area (Å²) in [7, 11) is 0. The molecule has 0 aliphatic heterocycles. The second-order valence-electron chi connectivity index (χ2n) is 9.02. The van der Waals surface area contributed by atoms with E-state index in [1.807, 2.05) is 0 Å². The van der Waals surface area contributed by atoms with Gasteiger partial charge in [-0.2, -0.15) is 0 Å². The monoisotopic (exact) mass is 360 g/mol. The van der Waals surface area contributed by atoms with Crippen LogP contribution >= 0.6 is 0 Å². The normalized spacial score (nSPS) is 38.6. The standard InChI is InChI=1S/C21H38O.3CH4.3H2/c1-16-3-9-19(10-4-16)20-11-7-18(8-12-20)15-22-21-13-5-17(2)6-14-21;;;;;;/h16-21H,3-15H2,1-2H3;3*1H4;3*1H. The maximum atomic E-state index is 6.27. The Balaban J connectivity index is -0.000000480. The van der Waals surface area contributed by atoms with Gasteiger partial charge in [0.05, 0.1) is 6.10 Å². The Kier molecular flexibility index (Phi) is 12.3. The van der Waals surface area contributed by atoms with Crippen molar-refractivity contribution in [3.05, 3.63) is 0 Å². The van der Waals surface area contributed by atoms with Gasteiger partial charge in [-0.15, -0.1) is 0 Å². The average molecular weight is 361 g/mol. The van der Waals surface area contributed by atoms with Crippen molar-refractivity contribution in [3.63, 3.8) is 0 Å². The molecular formula is C24H56O. The fraction of sp³-hybridized carbons (Fsp3) is 1.00. The molecule has 3 aliphatic rings. The summed E-state index contributed by atoms with van der Waals surface area (Å²) in [6, 6.07) is 0. The summed E-state index contributed by atoms with van der Waals surface area (Å²) in [5.74, 6) is 4.93. The van der Waals surface area contributed by atoms with Crippen molar-refractivity contribution in [3.8, 4) is 0 Å². The van der Waals surface area contributed by atoms with Crippen molar-refractivity contribution in [2.75, 3.05) is 6.61 Å². The highest BCUT2D eigenvalue weighted by Crippen LogP contribution is 2.41. The molecule has 0 atom stereocenters. The Hall–Kier alpha value is -0.0400. The molecule has 0 heterocycles. The van der Waals surface area contributed by atoms with Crippen molar-refractivity contribution < 1.29 is 9.02 Å². The predicted octanol–water partition coefficient (Wildman–Crippen LogP) is 8.86. The van der Waals surface area contributed by atoms with Crippen LogP contribution in [0.3, 0.4) is 0 Å². The molecule has 0 aromatic carbocycles. The zero-order chi connectivity index (χ0) is 15.4. The highest BCUT2D eigenvalue weighted by atomic mass is 16.5. The van der Waals surface area contributed by atoms with E-state index < -0.39 is 0 Å². The van der Waals surface area contributed by atoms with E-state index in [4.69, 9.17) is 4.74 Å². The van der Waals surface area contributed by atoms with Gasteiger partial charge in [0.1, 0.15) is 0 Å². The van der Waals surface area contributed by atoms with E-state index in [9.17, 15) is 0 Å². The van der Waals surface area contributed by atoms with E-state index in [0.29, 0.717) is 6.10 Å². The molecule has 1 nitrogen and oxygen atoms in total. The lowest BCUT2D eigenvalue weighted by molar-refractivity contribution is -0.0110. The summed E-state index contributed by atoms with van der Waals surface area (Å²) in [6.45, 7) is 5.90. The fourth-order valence-electron chi connectivity index (χ4n) is 5.25. The smallest absolute Gasteiger partial charge is 0.0575 e. The lowest BCUT2D eigenvalue weighted by Gasteiger charge is -2.37. The molecule has 0 amide bonds. The van der Waals surface area contributed by atoms with Crippen LogP contribution in [0.4, 0.5) is 0 Å². The minimum atomic E-state index is 0. The lowest BCUT2D eigenvalue weighted by Crippen LogP contribution is -2.28. The van der Waals surface area contributed by atoms with E-state index in [-0.39, 0.29) is 26.6 Å². The average Bonchev–Trinajstić information content (AvgIpc) is 2.56. The molecule has 0 N–H and O–H groups in total. The Morgan fingerprint density at radius 3 is 1.48 bits per heavy atom. The topological polar surface area (TPSA) is 9.23 Å². The van der Waals surface area contributed by atoms with E-state index in [1.165, 1.54) is 77.0 Å². The van der Waals surface area contributed by atoms with Crippen LogP contribution in [-0.4, -0.2) is 12.7 Å². The van der Waals surface area contributed by atoms with Crippen molar-refractivity contribution in [2.45, 2.75) is 119 Å². The van der Waals surface area contributed by atoms with Crippen molar-refractivity contribution in [1.82, 2.24) is 0 Å². The zero-order valence-corrected chi connectivity index (χ0v) is 15.1. The third-order valence-corrected chi connectivity index (χ3v) is 7.15. The molecule has 1 heteroatoms. The molecular weight excluding hydrogens is 304 g/mol. The molecule has 0 spiro atoms. The summed E-state index contributed by atoms with van der Waals surface area (Å²) < 4.78 is 6.27. The minimum absolute atomic E-state index is 0. The fourth-order valence-corrected chi connectivity index (χ4v) is 5.25. The second-order valence-corrected chi connectivity index (χ2v) is 9.02. The maximum absolute atomic E-state index is 6.27. The number of rotatable bonds is 4. The molecule has 0 radical (unpaired) electrons. The third-order valence-electron chi connectivity index (χ3n) is 7.15. The third kappa shape index (κ3) is 7.61. The largest absolute Gasteiger partial charge is 0.378 e. The van der Waals surface area contributed by atoms with Crippen LogP contribution < -0.4 is 0 Å². The lowest BCUT2D eigenvalue weighted by atomic mass is 9.69. The zero-order valence-electron chi connectivity index (χ0n) is 15.1. The van der Waals surface area contributed by atoms with Gasteiger partial charge in [0, 0.05) is 10.9 Å². The van der Waals surface area contributed by atoms with Gasteiger partial charge in [-0.25, -0.2) is 0 Å². The van der Waals surface area contributed by atoms with Crippen molar-refractivity contribution in [2.24, 2.45) is 29.6 Å². The minimum Gasteiger partial charge on any atom is -0.378 e. The predicted molar refractivity (Wildman–Crippen MR) is 120 cm³/mol. The van der Waals surface area contributed by atoms with Gasteiger partial charge >= 0.3 is 0 Å². The van der Waals surface area contributed by atoms with Gasteiger partial charge in [-0.3, -0.25) is 0 Å². The number of ether oxygens (including phenoxy) is 1. The van der Waals surface area contributed by atoms with E-state index >= 15 is 0 Å². The molecule has 0 saturated heterocycles. The molecule has 158 valence electrons. The summed E-state index contributed by atoms with van der Waals surface area (Å²) in [6.07, 6.45) is 17.9. The first-order valence-electron chi connectivity index (χ1n) is 10.3. The Labute approximate surface area is 165 Å². The second kappa shape index (κ2) is 12.4. The van der Waals surface area contributed by atoms with Gasteiger partial charge < -0.3 is 4.74 Å². The van der Waals surface area contributed by atoms with Crippen LogP contribution in [-0.2, 0) is 4.74 Å². The maximum Gasteiger partial charge on any atom is 0.0575 e. The van der Waals surface area contributed by atoms with Gasteiger partial charge in [0.25, 0.3) is 0 Å². The molecule has 3 rings (SSSR count). The quantitative estimate of drug-likeness (QED) is 0.486.